The Balaban J connectivity index is 0. The van der Waals surface area contributed by atoms with Gasteiger partial charge in [-0.15, -0.1) is 24.8 Å². The third-order valence-electron chi connectivity index (χ3n) is 3.39. The van der Waals surface area contributed by atoms with Crippen molar-refractivity contribution in [2.45, 2.75) is 52.1 Å². The van der Waals surface area contributed by atoms with Crippen molar-refractivity contribution in [1.29, 1.82) is 0 Å². The van der Waals surface area contributed by atoms with Gasteiger partial charge in [-0.1, -0.05) is 20.3 Å². The summed E-state index contributed by atoms with van der Waals surface area (Å²) in [5.41, 5.74) is 5.82. The van der Waals surface area contributed by atoms with Crippen molar-refractivity contribution in [1.82, 2.24) is 10.2 Å². The van der Waals surface area contributed by atoms with Gasteiger partial charge in [-0.05, 0) is 38.8 Å². The van der Waals surface area contributed by atoms with Crippen molar-refractivity contribution in [3.8, 4) is 0 Å². The molecule has 0 saturated carbocycles. The number of amides is 1. The SMILES string of the molecule is CC(CN1CCCCC1)NC(=O)C(N)C(C)C.Cl.Cl. The number of piperidine rings is 1. The highest BCUT2D eigenvalue weighted by Gasteiger charge is 2.20. The summed E-state index contributed by atoms with van der Waals surface area (Å²) in [5.74, 6) is 0.168. The quantitative estimate of drug-likeness (QED) is 0.813. The highest BCUT2D eigenvalue weighted by molar-refractivity contribution is 5.85. The minimum atomic E-state index is -0.390. The molecule has 1 rings (SSSR count). The summed E-state index contributed by atoms with van der Waals surface area (Å²) >= 11 is 0. The zero-order valence-electron chi connectivity index (χ0n) is 12.2. The van der Waals surface area contributed by atoms with E-state index in [0.29, 0.717) is 0 Å². The van der Waals surface area contributed by atoms with Gasteiger partial charge >= 0.3 is 0 Å². The molecule has 0 bridgehead atoms. The highest BCUT2D eigenvalue weighted by Crippen LogP contribution is 2.09. The molecular formula is C13H29Cl2N3O. The Hall–Kier alpha value is -0.0300. The number of nitrogens with zero attached hydrogens (tertiary/aromatic N) is 1. The number of rotatable bonds is 5. The van der Waals surface area contributed by atoms with Gasteiger partial charge in [-0.3, -0.25) is 4.79 Å². The van der Waals surface area contributed by atoms with Crippen molar-refractivity contribution >= 4 is 30.7 Å². The molecule has 1 fully saturated rings. The van der Waals surface area contributed by atoms with E-state index >= 15 is 0 Å². The molecule has 2 atom stereocenters. The summed E-state index contributed by atoms with van der Waals surface area (Å²) in [7, 11) is 0. The van der Waals surface area contributed by atoms with E-state index in [4.69, 9.17) is 5.73 Å². The van der Waals surface area contributed by atoms with Crippen LogP contribution in [0.25, 0.3) is 0 Å². The Morgan fingerprint density at radius 1 is 1.16 bits per heavy atom. The molecule has 0 aromatic carbocycles. The molecule has 1 saturated heterocycles. The standard InChI is InChI=1S/C13H27N3O.2ClH/c1-10(2)12(14)13(17)15-11(3)9-16-7-5-4-6-8-16;;/h10-12H,4-9,14H2,1-3H3,(H,15,17);2*1H. The van der Waals surface area contributed by atoms with E-state index in [2.05, 4.69) is 17.1 Å². The molecule has 19 heavy (non-hydrogen) atoms. The maximum absolute atomic E-state index is 11.8. The van der Waals surface area contributed by atoms with Gasteiger partial charge in [0.1, 0.15) is 0 Å². The molecule has 2 unspecified atom stereocenters. The Bertz CT molecular complexity index is 246. The second-order valence-electron chi connectivity index (χ2n) is 5.54. The lowest BCUT2D eigenvalue weighted by atomic mass is 10.0. The average molecular weight is 314 g/mol. The van der Waals surface area contributed by atoms with Crippen molar-refractivity contribution in [3.63, 3.8) is 0 Å². The first-order chi connectivity index (χ1) is 8.00. The molecule has 0 radical (unpaired) electrons. The van der Waals surface area contributed by atoms with E-state index in [0.717, 1.165) is 19.6 Å². The lowest BCUT2D eigenvalue weighted by Crippen LogP contribution is -2.50. The number of nitrogens with one attached hydrogen (secondary N) is 1. The van der Waals surface area contributed by atoms with Crippen LogP contribution in [0.5, 0.6) is 0 Å². The van der Waals surface area contributed by atoms with Gasteiger partial charge in [0, 0.05) is 12.6 Å². The molecular weight excluding hydrogens is 285 g/mol. The molecule has 1 aliphatic heterocycles. The minimum Gasteiger partial charge on any atom is -0.351 e. The zero-order valence-corrected chi connectivity index (χ0v) is 13.9. The average Bonchev–Trinajstić information content (AvgIpc) is 2.28. The van der Waals surface area contributed by atoms with Gasteiger partial charge in [0.2, 0.25) is 5.91 Å². The van der Waals surface area contributed by atoms with Gasteiger partial charge in [0.25, 0.3) is 0 Å². The largest absolute Gasteiger partial charge is 0.351 e. The van der Waals surface area contributed by atoms with E-state index in [1.807, 2.05) is 13.8 Å². The molecule has 6 heteroatoms. The summed E-state index contributed by atoms with van der Waals surface area (Å²) in [6, 6.07) is -0.204. The number of carbonyl (C=O) groups is 1. The highest BCUT2D eigenvalue weighted by atomic mass is 35.5. The molecule has 1 heterocycles. The topological polar surface area (TPSA) is 58.4 Å². The van der Waals surface area contributed by atoms with E-state index in [1.54, 1.807) is 0 Å². The van der Waals surface area contributed by atoms with Crippen molar-refractivity contribution in [2.24, 2.45) is 11.7 Å². The Morgan fingerprint density at radius 3 is 2.16 bits per heavy atom. The van der Waals surface area contributed by atoms with Crippen LogP contribution in [0.15, 0.2) is 0 Å². The van der Waals surface area contributed by atoms with Crippen molar-refractivity contribution < 1.29 is 4.79 Å². The summed E-state index contributed by atoms with van der Waals surface area (Å²) < 4.78 is 0. The second-order valence-corrected chi connectivity index (χ2v) is 5.54. The Kier molecular flexibility index (Phi) is 12.0. The van der Waals surface area contributed by atoms with Crippen LogP contribution >= 0.6 is 24.8 Å². The van der Waals surface area contributed by atoms with Crippen LogP contribution < -0.4 is 11.1 Å². The lowest BCUT2D eigenvalue weighted by Gasteiger charge is -2.30. The molecule has 0 aromatic rings. The number of halogens is 2. The first-order valence-corrected chi connectivity index (χ1v) is 6.79. The number of likely N-dealkylation sites (tertiary alicyclic amines) is 1. The number of hydrogen-bond acceptors (Lipinski definition) is 3. The number of hydrogen-bond donors (Lipinski definition) is 2. The Labute approximate surface area is 129 Å². The van der Waals surface area contributed by atoms with Crippen LogP contribution in [0.4, 0.5) is 0 Å². The zero-order chi connectivity index (χ0) is 12.8. The Morgan fingerprint density at radius 2 is 1.68 bits per heavy atom. The number of nitrogens with two attached hydrogens (primary N) is 1. The number of carbonyl (C=O) groups excluding carboxylic acids is 1. The van der Waals surface area contributed by atoms with Gasteiger partial charge in [0.05, 0.1) is 6.04 Å². The minimum absolute atomic E-state index is 0. The van der Waals surface area contributed by atoms with E-state index in [9.17, 15) is 4.79 Å². The van der Waals surface area contributed by atoms with Crippen molar-refractivity contribution in [3.05, 3.63) is 0 Å². The first-order valence-electron chi connectivity index (χ1n) is 6.79. The molecule has 0 aromatic heterocycles. The predicted molar refractivity (Wildman–Crippen MR) is 85.2 cm³/mol. The van der Waals surface area contributed by atoms with Gasteiger partial charge < -0.3 is 16.0 Å². The van der Waals surface area contributed by atoms with Crippen LogP contribution in [0, 0.1) is 5.92 Å². The monoisotopic (exact) mass is 313 g/mol. The van der Waals surface area contributed by atoms with Gasteiger partial charge in [-0.25, -0.2) is 0 Å². The molecule has 116 valence electrons. The third kappa shape index (κ3) is 7.98. The summed E-state index contributed by atoms with van der Waals surface area (Å²) in [6.07, 6.45) is 3.91. The van der Waals surface area contributed by atoms with E-state index in [1.165, 1.54) is 19.3 Å². The third-order valence-corrected chi connectivity index (χ3v) is 3.39. The summed E-state index contributed by atoms with van der Waals surface area (Å²) in [5, 5.41) is 3.00. The van der Waals surface area contributed by atoms with Crippen LogP contribution in [0.1, 0.15) is 40.0 Å². The van der Waals surface area contributed by atoms with Crippen LogP contribution in [0.3, 0.4) is 0 Å². The molecule has 1 aliphatic rings. The fourth-order valence-electron chi connectivity index (χ4n) is 2.22. The molecule has 4 nitrogen and oxygen atoms in total. The molecule has 0 aliphatic carbocycles. The van der Waals surface area contributed by atoms with Gasteiger partial charge in [-0.2, -0.15) is 0 Å². The first kappa shape index (κ1) is 21.3. The predicted octanol–water partition coefficient (Wildman–Crippen LogP) is 1.80. The molecule has 3 N–H and O–H groups in total. The lowest BCUT2D eigenvalue weighted by molar-refractivity contribution is -0.124. The smallest absolute Gasteiger partial charge is 0.237 e. The fourth-order valence-corrected chi connectivity index (χ4v) is 2.22. The maximum atomic E-state index is 11.8. The van der Waals surface area contributed by atoms with Crippen LogP contribution in [-0.2, 0) is 4.79 Å². The fraction of sp³-hybridized carbons (Fsp3) is 0.923. The van der Waals surface area contributed by atoms with Gasteiger partial charge in [0.15, 0.2) is 0 Å². The van der Waals surface area contributed by atoms with E-state index in [-0.39, 0.29) is 48.7 Å². The molecule has 0 spiro atoms. The second kappa shape index (κ2) is 10.7. The molecule has 1 amide bonds. The summed E-state index contributed by atoms with van der Waals surface area (Å²) in [4.78, 5) is 14.2. The summed E-state index contributed by atoms with van der Waals surface area (Å²) in [6.45, 7) is 9.27. The van der Waals surface area contributed by atoms with Crippen molar-refractivity contribution in [2.75, 3.05) is 19.6 Å². The normalized spacial score (nSPS) is 19.0. The van der Waals surface area contributed by atoms with Crippen LogP contribution in [-0.4, -0.2) is 42.5 Å². The maximum Gasteiger partial charge on any atom is 0.237 e. The van der Waals surface area contributed by atoms with E-state index < -0.39 is 0 Å². The van der Waals surface area contributed by atoms with Crippen LogP contribution in [0.2, 0.25) is 0 Å².